The summed E-state index contributed by atoms with van der Waals surface area (Å²) in [6, 6.07) is 2.75. The van der Waals surface area contributed by atoms with Gasteiger partial charge in [-0.2, -0.15) is 4.31 Å². The first-order valence-electron chi connectivity index (χ1n) is 6.14. The van der Waals surface area contributed by atoms with Crippen LogP contribution in [0.2, 0.25) is 10.0 Å². The molecule has 1 aliphatic rings. The molecule has 0 bridgehead atoms. The van der Waals surface area contributed by atoms with Gasteiger partial charge in [0, 0.05) is 30.5 Å². The summed E-state index contributed by atoms with van der Waals surface area (Å²) in [6.07, 6.45) is 3.47. The summed E-state index contributed by atoms with van der Waals surface area (Å²) in [6.45, 7) is 1.07. The Bertz CT molecular complexity index is 780. The molecule has 0 spiro atoms. The number of rotatable bonds is 2. The second-order valence-corrected chi connectivity index (χ2v) is 7.40. The second kappa shape index (κ2) is 5.17. The van der Waals surface area contributed by atoms with E-state index in [1.807, 2.05) is 10.8 Å². The first-order valence-corrected chi connectivity index (χ1v) is 8.34. The number of benzene rings is 1. The van der Waals surface area contributed by atoms with Gasteiger partial charge >= 0.3 is 0 Å². The van der Waals surface area contributed by atoms with Crippen LogP contribution in [0.4, 0.5) is 5.69 Å². The van der Waals surface area contributed by atoms with Crippen molar-refractivity contribution in [3.05, 3.63) is 40.4 Å². The number of nitrogen functional groups attached to an aromatic ring is 1. The summed E-state index contributed by atoms with van der Waals surface area (Å²) < 4.78 is 28.7. The van der Waals surface area contributed by atoms with Crippen LogP contribution in [0, 0.1) is 0 Å². The molecule has 1 aromatic heterocycles. The molecule has 2 heterocycles. The molecule has 0 amide bonds. The molecule has 0 aliphatic carbocycles. The van der Waals surface area contributed by atoms with E-state index in [0.29, 0.717) is 23.9 Å². The zero-order valence-corrected chi connectivity index (χ0v) is 13.2. The van der Waals surface area contributed by atoms with E-state index < -0.39 is 10.0 Å². The van der Waals surface area contributed by atoms with Gasteiger partial charge < -0.3 is 10.3 Å². The van der Waals surface area contributed by atoms with Gasteiger partial charge in [0.05, 0.1) is 17.3 Å². The normalized spacial score (nSPS) is 15.9. The summed E-state index contributed by atoms with van der Waals surface area (Å²) >= 11 is 11.9. The Kier molecular flexibility index (Phi) is 3.61. The molecule has 3 rings (SSSR count). The largest absolute Gasteiger partial charge is 0.398 e. The van der Waals surface area contributed by atoms with E-state index in [0.717, 1.165) is 0 Å². The van der Waals surface area contributed by atoms with Crippen LogP contribution in [0.25, 0.3) is 0 Å². The minimum atomic E-state index is -3.80. The van der Waals surface area contributed by atoms with Gasteiger partial charge in [0.15, 0.2) is 0 Å². The number of nitrogens with zero attached hydrogens (tertiary/aromatic N) is 3. The van der Waals surface area contributed by atoms with Crippen LogP contribution in [0.3, 0.4) is 0 Å². The van der Waals surface area contributed by atoms with Gasteiger partial charge in [-0.05, 0) is 12.1 Å². The molecule has 21 heavy (non-hydrogen) atoms. The molecular formula is C12H12Cl2N4O2S. The number of fused-ring (bicyclic) bond motifs is 1. The van der Waals surface area contributed by atoms with Crippen molar-refractivity contribution >= 4 is 38.9 Å². The van der Waals surface area contributed by atoms with Crippen molar-refractivity contribution in [2.45, 2.75) is 18.0 Å². The summed E-state index contributed by atoms with van der Waals surface area (Å²) in [5.74, 6) is 0.688. The SMILES string of the molecule is Nc1cc(Cl)cc(Cl)c1S(=O)(=O)N1CCn2ccnc2C1. The summed E-state index contributed by atoms with van der Waals surface area (Å²) in [7, 11) is -3.80. The van der Waals surface area contributed by atoms with Crippen LogP contribution < -0.4 is 5.73 Å². The Morgan fingerprint density at radius 2 is 2.00 bits per heavy atom. The van der Waals surface area contributed by atoms with E-state index in [4.69, 9.17) is 28.9 Å². The van der Waals surface area contributed by atoms with Crippen LogP contribution in [0.1, 0.15) is 5.82 Å². The predicted molar refractivity (Wildman–Crippen MR) is 80.7 cm³/mol. The van der Waals surface area contributed by atoms with Crippen molar-refractivity contribution in [3.8, 4) is 0 Å². The molecular weight excluding hydrogens is 335 g/mol. The molecule has 1 aliphatic heterocycles. The van der Waals surface area contributed by atoms with Crippen LogP contribution in [0.5, 0.6) is 0 Å². The van der Waals surface area contributed by atoms with Crippen molar-refractivity contribution < 1.29 is 8.42 Å². The lowest BCUT2D eigenvalue weighted by atomic mass is 10.3. The molecule has 0 radical (unpaired) electrons. The van der Waals surface area contributed by atoms with E-state index in [9.17, 15) is 8.42 Å². The van der Waals surface area contributed by atoms with Crippen LogP contribution in [0.15, 0.2) is 29.4 Å². The molecule has 2 aromatic rings. The lowest BCUT2D eigenvalue weighted by Crippen LogP contribution is -2.38. The van der Waals surface area contributed by atoms with Gasteiger partial charge in [-0.25, -0.2) is 13.4 Å². The highest BCUT2D eigenvalue weighted by molar-refractivity contribution is 7.89. The van der Waals surface area contributed by atoms with Crippen molar-refractivity contribution in [1.29, 1.82) is 0 Å². The molecule has 9 heteroatoms. The van der Waals surface area contributed by atoms with E-state index >= 15 is 0 Å². The monoisotopic (exact) mass is 346 g/mol. The second-order valence-electron chi connectivity index (χ2n) is 4.68. The minimum absolute atomic E-state index is 0.0221. The highest BCUT2D eigenvalue weighted by Crippen LogP contribution is 2.34. The first-order chi connectivity index (χ1) is 9.89. The number of aromatic nitrogens is 2. The number of nitrogens with two attached hydrogens (primary N) is 1. The van der Waals surface area contributed by atoms with Gasteiger partial charge in [-0.15, -0.1) is 0 Å². The van der Waals surface area contributed by atoms with E-state index in [1.165, 1.54) is 16.4 Å². The number of sulfonamides is 1. The average Bonchev–Trinajstić information content (AvgIpc) is 2.83. The third-order valence-electron chi connectivity index (χ3n) is 3.34. The predicted octanol–water partition coefficient (Wildman–Crippen LogP) is 1.98. The molecule has 1 aromatic carbocycles. The van der Waals surface area contributed by atoms with Crippen molar-refractivity contribution in [1.82, 2.24) is 13.9 Å². The highest BCUT2D eigenvalue weighted by atomic mass is 35.5. The molecule has 6 nitrogen and oxygen atoms in total. The molecule has 0 atom stereocenters. The zero-order chi connectivity index (χ0) is 15.2. The maximum absolute atomic E-state index is 12.8. The standard InChI is InChI=1S/C12H12Cl2N4O2S/c13-8-5-9(14)12(10(15)6-8)21(19,20)18-4-3-17-2-1-16-11(17)7-18/h1-2,5-6H,3-4,7,15H2. The Morgan fingerprint density at radius 1 is 1.24 bits per heavy atom. The maximum atomic E-state index is 12.8. The van der Waals surface area contributed by atoms with Crippen LogP contribution in [-0.2, 0) is 23.1 Å². The fourth-order valence-electron chi connectivity index (χ4n) is 2.34. The topological polar surface area (TPSA) is 81.2 Å². The van der Waals surface area contributed by atoms with E-state index in [-0.39, 0.29) is 22.2 Å². The third-order valence-corrected chi connectivity index (χ3v) is 5.94. The van der Waals surface area contributed by atoms with E-state index in [2.05, 4.69) is 4.98 Å². The maximum Gasteiger partial charge on any atom is 0.247 e. The number of hydrogen-bond acceptors (Lipinski definition) is 4. The molecule has 0 saturated carbocycles. The molecule has 2 N–H and O–H groups in total. The van der Waals surface area contributed by atoms with E-state index in [1.54, 1.807) is 6.20 Å². The summed E-state index contributed by atoms with van der Waals surface area (Å²) in [4.78, 5) is 4.04. The van der Waals surface area contributed by atoms with Crippen molar-refractivity contribution in [2.24, 2.45) is 0 Å². The lowest BCUT2D eigenvalue weighted by molar-refractivity contribution is 0.335. The molecule has 0 saturated heterocycles. The van der Waals surface area contributed by atoms with Gasteiger partial charge in [-0.1, -0.05) is 23.2 Å². The van der Waals surface area contributed by atoms with Crippen molar-refractivity contribution in [2.75, 3.05) is 12.3 Å². The Morgan fingerprint density at radius 3 is 2.71 bits per heavy atom. The fraction of sp³-hybridized carbons (Fsp3) is 0.250. The molecule has 112 valence electrons. The average molecular weight is 347 g/mol. The highest BCUT2D eigenvalue weighted by Gasteiger charge is 2.32. The molecule has 0 fully saturated rings. The van der Waals surface area contributed by atoms with Gasteiger partial charge in [0.1, 0.15) is 10.7 Å². The lowest BCUT2D eigenvalue weighted by Gasteiger charge is -2.27. The van der Waals surface area contributed by atoms with Crippen LogP contribution in [-0.4, -0.2) is 28.8 Å². The number of imidazole rings is 1. The Balaban J connectivity index is 2.03. The quantitative estimate of drug-likeness (QED) is 0.843. The molecule has 0 unspecified atom stereocenters. The van der Waals surface area contributed by atoms with Gasteiger partial charge in [0.2, 0.25) is 10.0 Å². The Labute approximate surface area is 132 Å². The first kappa shape index (κ1) is 14.6. The number of anilines is 1. The number of halogens is 2. The Hall–Kier alpha value is -1.28. The fourth-order valence-corrected chi connectivity index (χ4v) is 4.67. The summed E-state index contributed by atoms with van der Waals surface area (Å²) in [5.41, 5.74) is 5.84. The van der Waals surface area contributed by atoms with Crippen LogP contribution >= 0.6 is 23.2 Å². The minimum Gasteiger partial charge on any atom is -0.398 e. The third kappa shape index (κ3) is 2.50. The zero-order valence-electron chi connectivity index (χ0n) is 10.8. The summed E-state index contributed by atoms with van der Waals surface area (Å²) in [5, 5.41) is 0.319. The number of hydrogen-bond donors (Lipinski definition) is 1. The smallest absolute Gasteiger partial charge is 0.247 e. The van der Waals surface area contributed by atoms with Crippen molar-refractivity contribution in [3.63, 3.8) is 0 Å². The van der Waals surface area contributed by atoms with Gasteiger partial charge in [-0.3, -0.25) is 0 Å². The van der Waals surface area contributed by atoms with Gasteiger partial charge in [0.25, 0.3) is 0 Å².